The molecule has 1 N–H and O–H groups in total. The van der Waals surface area contributed by atoms with E-state index in [0.717, 1.165) is 22.9 Å². The minimum absolute atomic E-state index is 0.621. The Morgan fingerprint density at radius 3 is 2.71 bits per heavy atom. The third-order valence-electron chi connectivity index (χ3n) is 2.44. The van der Waals surface area contributed by atoms with E-state index in [1.165, 1.54) is 0 Å². The highest BCUT2D eigenvalue weighted by Gasteiger charge is 2.05. The average molecular weight is 233 g/mol. The Kier molecular flexibility index (Phi) is 3.55. The number of ether oxygens (including phenoxy) is 2. The molecule has 90 valence electrons. The number of nitrogens with one attached hydrogen (secondary N) is 1. The van der Waals surface area contributed by atoms with Crippen molar-refractivity contribution in [3.8, 4) is 11.5 Å². The molecule has 0 spiro atoms. The lowest BCUT2D eigenvalue weighted by atomic mass is 10.2. The van der Waals surface area contributed by atoms with Crippen molar-refractivity contribution in [3.05, 3.63) is 42.4 Å². The molecule has 0 atom stereocenters. The van der Waals surface area contributed by atoms with Crippen molar-refractivity contribution in [2.45, 2.75) is 6.54 Å². The van der Waals surface area contributed by atoms with E-state index in [2.05, 4.69) is 5.32 Å². The van der Waals surface area contributed by atoms with Crippen molar-refractivity contribution < 1.29 is 13.9 Å². The SMILES string of the molecule is COc1ccc(NCc2ccco2)c(OC)c1. The van der Waals surface area contributed by atoms with Crippen molar-refractivity contribution in [1.29, 1.82) is 0 Å². The van der Waals surface area contributed by atoms with E-state index in [9.17, 15) is 0 Å². The summed E-state index contributed by atoms with van der Waals surface area (Å²) in [5.41, 5.74) is 0.907. The Hall–Kier alpha value is -2.10. The van der Waals surface area contributed by atoms with E-state index in [0.29, 0.717) is 6.54 Å². The minimum atomic E-state index is 0.621. The number of benzene rings is 1. The summed E-state index contributed by atoms with van der Waals surface area (Å²) in [4.78, 5) is 0. The molecule has 0 amide bonds. The molecule has 0 saturated heterocycles. The van der Waals surface area contributed by atoms with Gasteiger partial charge in [-0.15, -0.1) is 0 Å². The number of hydrogen-bond acceptors (Lipinski definition) is 4. The maximum Gasteiger partial charge on any atom is 0.145 e. The van der Waals surface area contributed by atoms with Gasteiger partial charge in [0, 0.05) is 6.07 Å². The van der Waals surface area contributed by atoms with Gasteiger partial charge in [-0.2, -0.15) is 0 Å². The van der Waals surface area contributed by atoms with Crippen molar-refractivity contribution in [3.63, 3.8) is 0 Å². The van der Waals surface area contributed by atoms with Gasteiger partial charge >= 0.3 is 0 Å². The molecule has 0 aliphatic heterocycles. The Morgan fingerprint density at radius 1 is 1.18 bits per heavy atom. The van der Waals surface area contributed by atoms with Gasteiger partial charge in [-0.1, -0.05) is 0 Å². The van der Waals surface area contributed by atoms with E-state index in [1.807, 2.05) is 30.3 Å². The fourth-order valence-electron chi connectivity index (χ4n) is 1.54. The molecule has 1 aromatic carbocycles. The Morgan fingerprint density at radius 2 is 2.06 bits per heavy atom. The third-order valence-corrected chi connectivity index (χ3v) is 2.44. The molecule has 0 radical (unpaired) electrons. The largest absolute Gasteiger partial charge is 0.497 e. The van der Waals surface area contributed by atoms with Gasteiger partial charge in [-0.05, 0) is 24.3 Å². The molecule has 0 unspecified atom stereocenters. The van der Waals surface area contributed by atoms with Gasteiger partial charge in [0.25, 0.3) is 0 Å². The Bertz CT molecular complexity index is 466. The second-order valence-electron chi connectivity index (χ2n) is 3.50. The van der Waals surface area contributed by atoms with Crippen LogP contribution in [-0.2, 0) is 6.54 Å². The Labute approximate surface area is 100 Å². The van der Waals surface area contributed by atoms with Crippen LogP contribution in [0.15, 0.2) is 41.0 Å². The van der Waals surface area contributed by atoms with Crippen LogP contribution < -0.4 is 14.8 Å². The van der Waals surface area contributed by atoms with Crippen molar-refractivity contribution in [1.82, 2.24) is 0 Å². The fourth-order valence-corrected chi connectivity index (χ4v) is 1.54. The standard InChI is InChI=1S/C13H15NO3/c1-15-10-5-6-12(13(8-10)16-2)14-9-11-4-3-7-17-11/h3-8,14H,9H2,1-2H3. The summed E-state index contributed by atoms with van der Waals surface area (Å²) in [5, 5.41) is 3.24. The second-order valence-corrected chi connectivity index (χ2v) is 3.50. The van der Waals surface area contributed by atoms with Crippen LogP contribution >= 0.6 is 0 Å². The van der Waals surface area contributed by atoms with Gasteiger partial charge in [-0.3, -0.25) is 0 Å². The molecule has 4 heteroatoms. The molecular formula is C13H15NO3. The van der Waals surface area contributed by atoms with E-state index in [4.69, 9.17) is 13.9 Å². The highest BCUT2D eigenvalue weighted by molar-refractivity contribution is 5.59. The molecule has 4 nitrogen and oxygen atoms in total. The lowest BCUT2D eigenvalue weighted by Gasteiger charge is -2.11. The number of anilines is 1. The monoisotopic (exact) mass is 233 g/mol. The third kappa shape index (κ3) is 2.72. The van der Waals surface area contributed by atoms with E-state index < -0.39 is 0 Å². The molecule has 1 heterocycles. The molecule has 0 aliphatic carbocycles. The van der Waals surface area contributed by atoms with Crippen LogP contribution in [0.3, 0.4) is 0 Å². The molecule has 17 heavy (non-hydrogen) atoms. The smallest absolute Gasteiger partial charge is 0.145 e. The zero-order chi connectivity index (χ0) is 12.1. The number of rotatable bonds is 5. The zero-order valence-electron chi connectivity index (χ0n) is 9.90. The van der Waals surface area contributed by atoms with Crippen LogP contribution in [0, 0.1) is 0 Å². The molecule has 1 aromatic heterocycles. The minimum Gasteiger partial charge on any atom is -0.497 e. The van der Waals surface area contributed by atoms with E-state index >= 15 is 0 Å². The fraction of sp³-hybridized carbons (Fsp3) is 0.231. The molecular weight excluding hydrogens is 218 g/mol. The van der Waals surface area contributed by atoms with Crippen LogP contribution in [-0.4, -0.2) is 14.2 Å². The summed E-state index contributed by atoms with van der Waals surface area (Å²) >= 11 is 0. The van der Waals surface area contributed by atoms with Crippen LogP contribution in [0.1, 0.15) is 5.76 Å². The van der Waals surface area contributed by atoms with Gasteiger partial charge in [0.2, 0.25) is 0 Å². The lowest BCUT2D eigenvalue weighted by Crippen LogP contribution is -2.00. The summed E-state index contributed by atoms with van der Waals surface area (Å²) < 4.78 is 15.7. The predicted octanol–water partition coefficient (Wildman–Crippen LogP) is 2.91. The van der Waals surface area contributed by atoms with Crippen molar-refractivity contribution in [2.75, 3.05) is 19.5 Å². The van der Waals surface area contributed by atoms with Crippen molar-refractivity contribution in [2.24, 2.45) is 0 Å². The summed E-state index contributed by atoms with van der Waals surface area (Å²) in [6.45, 7) is 0.621. The van der Waals surface area contributed by atoms with Gasteiger partial charge in [0.05, 0.1) is 32.7 Å². The zero-order valence-corrected chi connectivity index (χ0v) is 9.90. The first-order valence-corrected chi connectivity index (χ1v) is 5.32. The number of hydrogen-bond donors (Lipinski definition) is 1. The first kappa shape index (κ1) is 11.4. The second kappa shape index (κ2) is 5.30. The summed E-state index contributed by atoms with van der Waals surface area (Å²) in [5.74, 6) is 2.39. The molecule has 2 rings (SSSR count). The average Bonchev–Trinajstić information content (AvgIpc) is 2.89. The van der Waals surface area contributed by atoms with Gasteiger partial charge in [0.1, 0.15) is 17.3 Å². The van der Waals surface area contributed by atoms with E-state index in [-0.39, 0.29) is 0 Å². The topological polar surface area (TPSA) is 43.6 Å². The summed E-state index contributed by atoms with van der Waals surface area (Å²) in [6, 6.07) is 9.42. The van der Waals surface area contributed by atoms with Crippen LogP contribution in [0.25, 0.3) is 0 Å². The number of furan rings is 1. The highest BCUT2D eigenvalue weighted by Crippen LogP contribution is 2.29. The van der Waals surface area contributed by atoms with Gasteiger partial charge < -0.3 is 19.2 Å². The molecule has 0 fully saturated rings. The first-order valence-electron chi connectivity index (χ1n) is 5.32. The lowest BCUT2D eigenvalue weighted by molar-refractivity contribution is 0.395. The van der Waals surface area contributed by atoms with Gasteiger partial charge in [-0.25, -0.2) is 0 Å². The molecule has 2 aromatic rings. The van der Waals surface area contributed by atoms with Crippen LogP contribution in [0.2, 0.25) is 0 Å². The normalized spacial score (nSPS) is 10.0. The molecule has 0 bridgehead atoms. The predicted molar refractivity (Wildman–Crippen MR) is 65.6 cm³/mol. The summed E-state index contributed by atoms with van der Waals surface area (Å²) in [6.07, 6.45) is 1.66. The molecule has 0 aliphatic rings. The van der Waals surface area contributed by atoms with Crippen molar-refractivity contribution >= 4 is 5.69 Å². The maximum absolute atomic E-state index is 5.28. The van der Waals surface area contributed by atoms with Crippen LogP contribution in [0.5, 0.6) is 11.5 Å². The number of methoxy groups -OCH3 is 2. The quantitative estimate of drug-likeness (QED) is 0.862. The maximum atomic E-state index is 5.28. The summed E-state index contributed by atoms with van der Waals surface area (Å²) in [7, 11) is 3.26. The molecule has 0 saturated carbocycles. The highest BCUT2D eigenvalue weighted by atomic mass is 16.5. The Balaban J connectivity index is 2.09. The van der Waals surface area contributed by atoms with Crippen LogP contribution in [0.4, 0.5) is 5.69 Å². The van der Waals surface area contributed by atoms with E-state index in [1.54, 1.807) is 20.5 Å². The first-order chi connectivity index (χ1) is 8.33. The van der Waals surface area contributed by atoms with Gasteiger partial charge in [0.15, 0.2) is 0 Å².